The fourth-order valence-electron chi connectivity index (χ4n) is 2.47. The summed E-state index contributed by atoms with van der Waals surface area (Å²) in [7, 11) is 0. The van der Waals surface area contributed by atoms with Crippen LogP contribution in [0.5, 0.6) is 0 Å². The molecule has 0 amide bonds. The molecule has 0 radical (unpaired) electrons. The summed E-state index contributed by atoms with van der Waals surface area (Å²) in [4.78, 5) is 4.02. The van der Waals surface area contributed by atoms with Crippen LogP contribution < -0.4 is 0 Å². The number of benzene rings is 2. The number of hydrogen-bond acceptors (Lipinski definition) is 3. The van der Waals surface area contributed by atoms with Gasteiger partial charge in [0.2, 0.25) is 5.90 Å². The summed E-state index contributed by atoms with van der Waals surface area (Å²) in [6, 6.07) is 16.8. The van der Waals surface area contributed by atoms with Gasteiger partial charge in [0.25, 0.3) is 0 Å². The maximum absolute atomic E-state index is 12.9. The number of rotatable bonds is 6. The van der Waals surface area contributed by atoms with Gasteiger partial charge in [0.15, 0.2) is 0 Å². The van der Waals surface area contributed by atoms with Crippen molar-refractivity contribution in [3.63, 3.8) is 0 Å². The Hall–Kier alpha value is -2.95. The Morgan fingerprint density at radius 1 is 1.12 bits per heavy atom. The van der Waals surface area contributed by atoms with Gasteiger partial charge in [-0.3, -0.25) is 9.80 Å². The lowest BCUT2D eigenvalue weighted by atomic mass is 10.1. The smallest absolute Gasteiger partial charge is 0.213 e. The molecule has 0 bridgehead atoms. The van der Waals surface area contributed by atoms with E-state index >= 15 is 0 Å². The number of alkyl halides is 1. The Kier molecular flexibility index (Phi) is 5.01. The standard InChI is InChI=1S/C19H18FN3O/c20-11-10-18(24-19(21)16-4-2-1-3-5-16)15-6-8-17(9-7-15)23-13-12-22-14-23/h1-9,12-14,18,21H,10-11H2. The van der Waals surface area contributed by atoms with Crippen molar-refractivity contribution in [3.05, 3.63) is 84.4 Å². The van der Waals surface area contributed by atoms with E-state index in [4.69, 9.17) is 10.1 Å². The lowest BCUT2D eigenvalue weighted by Gasteiger charge is -2.19. The van der Waals surface area contributed by atoms with Gasteiger partial charge in [-0.15, -0.1) is 0 Å². The van der Waals surface area contributed by atoms with Crippen LogP contribution in [0.3, 0.4) is 0 Å². The Morgan fingerprint density at radius 3 is 2.50 bits per heavy atom. The SMILES string of the molecule is N=C(OC(CCF)c1ccc(-n2ccnc2)cc1)c1ccccc1. The van der Waals surface area contributed by atoms with Gasteiger partial charge in [0.1, 0.15) is 6.10 Å². The normalized spacial score (nSPS) is 11.9. The van der Waals surface area contributed by atoms with E-state index in [0.717, 1.165) is 11.3 Å². The van der Waals surface area contributed by atoms with Crippen molar-refractivity contribution in [2.45, 2.75) is 12.5 Å². The van der Waals surface area contributed by atoms with Gasteiger partial charge in [-0.2, -0.15) is 0 Å². The van der Waals surface area contributed by atoms with Gasteiger partial charge in [-0.1, -0.05) is 30.3 Å². The molecule has 1 N–H and O–H groups in total. The maximum Gasteiger partial charge on any atom is 0.213 e. The molecule has 1 heterocycles. The van der Waals surface area contributed by atoms with Gasteiger partial charge < -0.3 is 9.30 Å². The van der Waals surface area contributed by atoms with E-state index in [1.54, 1.807) is 24.7 Å². The van der Waals surface area contributed by atoms with Gasteiger partial charge in [-0.25, -0.2) is 4.98 Å². The van der Waals surface area contributed by atoms with E-state index in [2.05, 4.69) is 4.98 Å². The minimum atomic E-state index is -0.504. The first-order valence-corrected chi connectivity index (χ1v) is 7.73. The van der Waals surface area contributed by atoms with E-state index in [1.165, 1.54) is 0 Å². The molecule has 4 nitrogen and oxygen atoms in total. The molecule has 3 aromatic rings. The number of nitrogens with zero attached hydrogens (tertiary/aromatic N) is 2. The quantitative estimate of drug-likeness (QED) is 0.543. The molecule has 0 saturated carbocycles. The zero-order chi connectivity index (χ0) is 16.8. The van der Waals surface area contributed by atoms with Crippen LogP contribution in [0.25, 0.3) is 5.69 Å². The van der Waals surface area contributed by atoms with Crippen LogP contribution in [0.2, 0.25) is 0 Å². The van der Waals surface area contributed by atoms with Gasteiger partial charge in [0, 0.05) is 30.1 Å². The second-order valence-electron chi connectivity index (χ2n) is 5.34. The molecule has 122 valence electrons. The highest BCUT2D eigenvalue weighted by Gasteiger charge is 2.16. The van der Waals surface area contributed by atoms with Crippen molar-refractivity contribution < 1.29 is 9.13 Å². The first-order chi connectivity index (χ1) is 11.8. The number of hydrogen-bond donors (Lipinski definition) is 1. The van der Waals surface area contributed by atoms with Crippen LogP contribution in [0, 0.1) is 5.41 Å². The minimum absolute atomic E-state index is 0.0488. The van der Waals surface area contributed by atoms with Crippen LogP contribution in [0.15, 0.2) is 73.3 Å². The number of ether oxygens (including phenoxy) is 1. The Balaban J connectivity index is 1.76. The fraction of sp³-hybridized carbons (Fsp3) is 0.158. The second-order valence-corrected chi connectivity index (χ2v) is 5.34. The van der Waals surface area contributed by atoms with Crippen molar-refractivity contribution in [1.29, 1.82) is 5.41 Å². The summed E-state index contributed by atoms with van der Waals surface area (Å²) < 4.78 is 20.5. The van der Waals surface area contributed by atoms with E-state index in [-0.39, 0.29) is 12.3 Å². The zero-order valence-corrected chi connectivity index (χ0v) is 13.1. The van der Waals surface area contributed by atoms with Gasteiger partial charge in [0.05, 0.1) is 13.0 Å². The first-order valence-electron chi connectivity index (χ1n) is 7.73. The third-order valence-corrected chi connectivity index (χ3v) is 3.73. The summed E-state index contributed by atoms with van der Waals surface area (Å²) in [6.07, 6.45) is 5.01. The third kappa shape index (κ3) is 3.68. The zero-order valence-electron chi connectivity index (χ0n) is 13.1. The molecule has 0 aliphatic rings. The highest BCUT2D eigenvalue weighted by atomic mass is 19.1. The molecule has 1 atom stereocenters. The van der Waals surface area contributed by atoms with Gasteiger partial charge >= 0.3 is 0 Å². The minimum Gasteiger partial charge on any atom is -0.469 e. The molecule has 5 heteroatoms. The highest BCUT2D eigenvalue weighted by molar-refractivity contribution is 5.91. The van der Waals surface area contributed by atoms with E-state index in [1.807, 2.05) is 53.2 Å². The molecular weight excluding hydrogens is 305 g/mol. The van der Waals surface area contributed by atoms with Crippen LogP contribution in [-0.2, 0) is 4.74 Å². The molecule has 1 aromatic heterocycles. The largest absolute Gasteiger partial charge is 0.469 e. The summed E-state index contributed by atoms with van der Waals surface area (Å²) in [6.45, 7) is -0.504. The topological polar surface area (TPSA) is 50.9 Å². The average molecular weight is 323 g/mol. The lowest BCUT2D eigenvalue weighted by Crippen LogP contribution is -2.12. The summed E-state index contributed by atoms with van der Waals surface area (Å²) in [5.41, 5.74) is 2.49. The molecule has 1 unspecified atom stereocenters. The first kappa shape index (κ1) is 15.9. The van der Waals surface area contributed by atoms with Crippen LogP contribution in [0.4, 0.5) is 4.39 Å². The van der Waals surface area contributed by atoms with Crippen molar-refractivity contribution in [3.8, 4) is 5.69 Å². The van der Waals surface area contributed by atoms with Crippen molar-refractivity contribution in [1.82, 2.24) is 9.55 Å². The fourth-order valence-corrected chi connectivity index (χ4v) is 2.47. The van der Waals surface area contributed by atoms with Gasteiger partial charge in [-0.05, 0) is 29.8 Å². The average Bonchev–Trinajstić information content (AvgIpc) is 3.17. The van der Waals surface area contributed by atoms with Crippen LogP contribution in [-0.4, -0.2) is 22.1 Å². The van der Waals surface area contributed by atoms with Crippen molar-refractivity contribution in [2.24, 2.45) is 0 Å². The van der Waals surface area contributed by atoms with E-state index in [0.29, 0.717) is 5.56 Å². The predicted molar refractivity (Wildman–Crippen MR) is 91.3 cm³/mol. The van der Waals surface area contributed by atoms with Crippen LogP contribution >= 0.6 is 0 Å². The number of aromatic nitrogens is 2. The number of nitrogens with one attached hydrogen (secondary N) is 1. The van der Waals surface area contributed by atoms with E-state index < -0.39 is 12.8 Å². The molecular formula is C19H18FN3O. The second kappa shape index (κ2) is 7.55. The molecule has 24 heavy (non-hydrogen) atoms. The highest BCUT2D eigenvalue weighted by Crippen LogP contribution is 2.24. The number of halogens is 1. The monoisotopic (exact) mass is 323 g/mol. The van der Waals surface area contributed by atoms with Crippen molar-refractivity contribution in [2.75, 3.05) is 6.67 Å². The molecule has 0 spiro atoms. The Labute approximate surface area is 140 Å². The summed E-state index contributed by atoms with van der Waals surface area (Å²) in [5, 5.41) is 8.09. The Bertz CT molecular complexity index is 770. The molecule has 3 rings (SSSR count). The molecule has 0 aliphatic heterocycles. The van der Waals surface area contributed by atoms with E-state index in [9.17, 15) is 4.39 Å². The predicted octanol–water partition coefficient (Wildman–Crippen LogP) is 4.32. The number of imidazole rings is 1. The maximum atomic E-state index is 12.9. The molecule has 0 saturated heterocycles. The summed E-state index contributed by atoms with van der Waals surface area (Å²) >= 11 is 0. The lowest BCUT2D eigenvalue weighted by molar-refractivity contribution is 0.168. The van der Waals surface area contributed by atoms with Crippen LogP contribution in [0.1, 0.15) is 23.7 Å². The molecule has 0 aliphatic carbocycles. The molecule has 0 fully saturated rings. The van der Waals surface area contributed by atoms with Crippen molar-refractivity contribution >= 4 is 5.90 Å². The molecule has 2 aromatic carbocycles. The Morgan fingerprint density at radius 2 is 1.88 bits per heavy atom. The third-order valence-electron chi connectivity index (χ3n) is 3.73. The summed E-state index contributed by atoms with van der Waals surface area (Å²) in [5.74, 6) is 0.0488.